The summed E-state index contributed by atoms with van der Waals surface area (Å²) in [5, 5.41) is 0. The Labute approximate surface area is 120 Å². The summed E-state index contributed by atoms with van der Waals surface area (Å²) in [5.41, 5.74) is 0. The third kappa shape index (κ3) is 5.84. The molecule has 88 valence electrons. The van der Waals surface area contributed by atoms with Crippen LogP contribution in [-0.2, 0) is 4.79 Å². The minimum absolute atomic E-state index is 0.268. The Hall–Kier alpha value is 1.13. The van der Waals surface area contributed by atoms with Gasteiger partial charge < -0.3 is 0 Å². The number of carbonyl (C=O) groups excluding carboxylic acids is 1. The maximum absolute atomic E-state index is 11.9. The number of ketones is 1. The van der Waals surface area contributed by atoms with E-state index in [1.54, 1.807) is 0 Å². The van der Waals surface area contributed by atoms with Gasteiger partial charge in [-0.05, 0) is 12.8 Å². The molecular weight excluding hydrogens is 414 g/mol. The molecular formula is C12H20I2O. The first-order chi connectivity index (χ1) is 7.22. The van der Waals surface area contributed by atoms with E-state index in [9.17, 15) is 4.79 Å². The molecule has 0 spiro atoms. The Morgan fingerprint density at radius 2 is 1.07 bits per heavy atom. The lowest BCUT2D eigenvalue weighted by Gasteiger charge is -2.15. The second-order valence-corrected chi connectivity index (χ2v) is 7.40. The first kappa shape index (κ1) is 14.2. The predicted molar refractivity (Wildman–Crippen MR) is 82.2 cm³/mol. The van der Waals surface area contributed by atoms with Gasteiger partial charge in [-0.1, -0.05) is 90.1 Å². The molecule has 15 heavy (non-hydrogen) atoms. The summed E-state index contributed by atoms with van der Waals surface area (Å²) in [6.07, 6.45) is 11.4. The summed E-state index contributed by atoms with van der Waals surface area (Å²) in [6.45, 7) is 0. The molecule has 1 aliphatic carbocycles. The molecule has 0 N–H and O–H groups in total. The Morgan fingerprint density at radius 3 is 1.47 bits per heavy atom. The quantitative estimate of drug-likeness (QED) is 0.400. The lowest BCUT2D eigenvalue weighted by molar-refractivity contribution is -0.117. The largest absolute Gasteiger partial charge is 0.297 e. The fraction of sp³-hybridized carbons (Fsp3) is 0.917. The molecule has 0 radical (unpaired) electrons. The molecule has 2 atom stereocenters. The summed E-state index contributed by atoms with van der Waals surface area (Å²) >= 11 is 4.68. The van der Waals surface area contributed by atoms with E-state index in [1.165, 1.54) is 44.9 Å². The van der Waals surface area contributed by atoms with Gasteiger partial charge in [0.1, 0.15) is 0 Å². The highest BCUT2D eigenvalue weighted by Crippen LogP contribution is 2.23. The molecule has 1 nitrogen and oxygen atoms in total. The van der Waals surface area contributed by atoms with Crippen molar-refractivity contribution in [2.24, 2.45) is 0 Å². The zero-order chi connectivity index (χ0) is 11.1. The summed E-state index contributed by atoms with van der Waals surface area (Å²) in [5.74, 6) is 0.483. The minimum Gasteiger partial charge on any atom is -0.297 e. The van der Waals surface area contributed by atoms with E-state index in [2.05, 4.69) is 45.2 Å². The number of alkyl halides is 2. The van der Waals surface area contributed by atoms with Crippen molar-refractivity contribution in [2.75, 3.05) is 0 Å². The first-order valence-electron chi connectivity index (χ1n) is 6.03. The maximum atomic E-state index is 11.9. The van der Waals surface area contributed by atoms with Crippen molar-refractivity contribution in [1.82, 2.24) is 0 Å². The minimum atomic E-state index is 0.268. The maximum Gasteiger partial charge on any atom is 0.158 e. The Kier molecular flexibility index (Phi) is 7.81. The summed E-state index contributed by atoms with van der Waals surface area (Å²) < 4.78 is 0.535. The Bertz CT molecular complexity index is 176. The number of rotatable bonds is 0. The third-order valence-corrected chi connectivity index (χ3v) is 5.51. The highest BCUT2D eigenvalue weighted by atomic mass is 127. The molecule has 1 unspecified atom stereocenters. The van der Waals surface area contributed by atoms with Crippen LogP contribution < -0.4 is 0 Å². The van der Waals surface area contributed by atoms with Gasteiger partial charge in [-0.15, -0.1) is 0 Å². The molecule has 0 aromatic rings. The van der Waals surface area contributed by atoms with Crippen LogP contribution in [0.4, 0.5) is 0 Å². The van der Waals surface area contributed by atoms with Crippen LogP contribution in [0.15, 0.2) is 0 Å². The zero-order valence-electron chi connectivity index (χ0n) is 9.18. The van der Waals surface area contributed by atoms with Gasteiger partial charge in [0.05, 0.1) is 7.85 Å². The number of halogens is 2. The van der Waals surface area contributed by atoms with Crippen LogP contribution in [-0.4, -0.2) is 13.6 Å². The van der Waals surface area contributed by atoms with Gasteiger partial charge >= 0.3 is 0 Å². The lowest BCUT2D eigenvalue weighted by atomic mass is 10.0. The normalized spacial score (nSPS) is 31.7. The molecule has 0 bridgehead atoms. The first-order valence-corrected chi connectivity index (χ1v) is 8.53. The number of hydrogen-bond donors (Lipinski definition) is 0. The van der Waals surface area contributed by atoms with Gasteiger partial charge in [-0.3, -0.25) is 4.79 Å². The molecule has 1 rings (SSSR count). The van der Waals surface area contributed by atoms with E-state index in [0.717, 1.165) is 12.8 Å². The second-order valence-electron chi connectivity index (χ2n) is 4.39. The van der Waals surface area contributed by atoms with E-state index in [4.69, 9.17) is 0 Å². The fourth-order valence-electron chi connectivity index (χ4n) is 2.01. The van der Waals surface area contributed by atoms with Crippen molar-refractivity contribution in [3.8, 4) is 0 Å². The van der Waals surface area contributed by atoms with E-state index in [1.807, 2.05) is 0 Å². The summed E-state index contributed by atoms with van der Waals surface area (Å²) in [7, 11) is 0. The molecule has 1 fully saturated rings. The topological polar surface area (TPSA) is 17.1 Å². The molecule has 0 amide bonds. The van der Waals surface area contributed by atoms with Crippen LogP contribution in [0.5, 0.6) is 0 Å². The molecule has 1 aliphatic rings. The average molecular weight is 434 g/mol. The molecule has 1 saturated carbocycles. The third-order valence-electron chi connectivity index (χ3n) is 3.03. The van der Waals surface area contributed by atoms with E-state index in [0.29, 0.717) is 5.78 Å². The lowest BCUT2D eigenvalue weighted by Crippen LogP contribution is -2.24. The van der Waals surface area contributed by atoms with Crippen LogP contribution in [0, 0.1) is 0 Å². The van der Waals surface area contributed by atoms with E-state index in [-0.39, 0.29) is 7.85 Å². The summed E-state index contributed by atoms with van der Waals surface area (Å²) in [4.78, 5) is 11.9. The Balaban J connectivity index is 2.40. The fourth-order valence-corrected chi connectivity index (χ4v) is 4.45. The zero-order valence-corrected chi connectivity index (χ0v) is 13.5. The van der Waals surface area contributed by atoms with Gasteiger partial charge in [-0.25, -0.2) is 0 Å². The van der Waals surface area contributed by atoms with Crippen molar-refractivity contribution in [3.05, 3.63) is 0 Å². The Morgan fingerprint density at radius 1 is 0.733 bits per heavy atom. The second kappa shape index (κ2) is 8.25. The molecule has 0 saturated heterocycles. The van der Waals surface area contributed by atoms with Crippen molar-refractivity contribution >= 4 is 51.0 Å². The molecule has 0 heterocycles. The highest BCUT2D eigenvalue weighted by Gasteiger charge is 2.22. The summed E-state index contributed by atoms with van der Waals surface area (Å²) in [6, 6.07) is 0. The monoisotopic (exact) mass is 434 g/mol. The van der Waals surface area contributed by atoms with Crippen molar-refractivity contribution in [1.29, 1.82) is 0 Å². The average Bonchev–Trinajstić information content (AvgIpc) is 2.23. The molecule has 0 aromatic heterocycles. The van der Waals surface area contributed by atoms with Crippen LogP contribution in [0.25, 0.3) is 0 Å². The van der Waals surface area contributed by atoms with Crippen molar-refractivity contribution < 1.29 is 4.79 Å². The number of carbonyl (C=O) groups is 1. The molecule has 0 aromatic carbocycles. The van der Waals surface area contributed by atoms with Gasteiger partial charge in [0.15, 0.2) is 5.78 Å². The van der Waals surface area contributed by atoms with Crippen molar-refractivity contribution in [2.45, 2.75) is 65.6 Å². The standard InChI is InChI=1S/C12H20I2O/c13-10-8-6-4-2-1-3-5-7-9-11(14)12(10)15/h10-11H,1-9H2/t10-,11?/m1/s1. The van der Waals surface area contributed by atoms with Crippen LogP contribution in [0.1, 0.15) is 57.8 Å². The predicted octanol–water partition coefficient (Wildman–Crippen LogP) is 4.69. The smallest absolute Gasteiger partial charge is 0.158 e. The van der Waals surface area contributed by atoms with E-state index >= 15 is 0 Å². The number of Topliss-reactive ketones (excluding diaryl/α,β-unsaturated/α-hetero) is 1. The van der Waals surface area contributed by atoms with Gasteiger partial charge in [0, 0.05) is 0 Å². The van der Waals surface area contributed by atoms with Crippen LogP contribution in [0.2, 0.25) is 0 Å². The van der Waals surface area contributed by atoms with Gasteiger partial charge in [-0.2, -0.15) is 0 Å². The number of hydrogen-bond acceptors (Lipinski definition) is 1. The molecule has 0 aliphatic heterocycles. The van der Waals surface area contributed by atoms with E-state index < -0.39 is 0 Å². The SMILES string of the molecule is O=C1C(I)CCCCCCCCC[C@H]1I. The molecule has 3 heteroatoms. The van der Waals surface area contributed by atoms with Crippen molar-refractivity contribution in [3.63, 3.8) is 0 Å². The van der Waals surface area contributed by atoms with Crippen LogP contribution in [0.3, 0.4) is 0 Å². The van der Waals surface area contributed by atoms with Gasteiger partial charge in [0.2, 0.25) is 0 Å². The highest BCUT2D eigenvalue weighted by molar-refractivity contribution is 14.1. The van der Waals surface area contributed by atoms with Gasteiger partial charge in [0.25, 0.3) is 0 Å². The van der Waals surface area contributed by atoms with Crippen LogP contribution >= 0.6 is 45.2 Å².